The van der Waals surface area contributed by atoms with E-state index in [1.165, 1.54) is 12.1 Å². The van der Waals surface area contributed by atoms with Crippen molar-refractivity contribution in [3.05, 3.63) is 64.1 Å². The maximum atomic E-state index is 14.0. The average Bonchev–Trinajstić information content (AvgIpc) is 3.30. The molecule has 2 aromatic rings. The lowest BCUT2D eigenvalue weighted by Crippen LogP contribution is -2.33. The van der Waals surface area contributed by atoms with Crippen molar-refractivity contribution in [1.29, 1.82) is 0 Å². The van der Waals surface area contributed by atoms with E-state index in [1.54, 1.807) is 23.4 Å². The highest BCUT2D eigenvalue weighted by atomic mass is 79.9. The van der Waals surface area contributed by atoms with Crippen LogP contribution in [0.5, 0.6) is 0 Å². The van der Waals surface area contributed by atoms with Crippen LogP contribution in [0, 0.1) is 5.82 Å². The van der Waals surface area contributed by atoms with Crippen LogP contribution >= 0.6 is 15.9 Å². The summed E-state index contributed by atoms with van der Waals surface area (Å²) in [5.41, 5.74) is 1.07. The monoisotopic (exact) mass is 348 g/mol. The number of halogens is 2. The highest BCUT2D eigenvalue weighted by Gasteiger charge is 2.34. The van der Waals surface area contributed by atoms with E-state index in [2.05, 4.69) is 20.9 Å². The molecule has 1 aliphatic carbocycles. The predicted octanol–water partition coefficient (Wildman–Crippen LogP) is 3.79. The molecule has 0 bridgehead atoms. The molecule has 0 unspecified atom stereocenters. The third-order valence-corrected chi connectivity index (χ3v) is 3.98. The minimum absolute atomic E-state index is 0.119. The lowest BCUT2D eigenvalue weighted by atomic mass is 10.1. The quantitative estimate of drug-likeness (QED) is 0.842. The number of pyridine rings is 1. The molecule has 0 aliphatic heterocycles. The topological polar surface area (TPSA) is 33.2 Å². The first-order valence-corrected chi connectivity index (χ1v) is 7.59. The fraction of sp³-hybridized carbons (Fsp3) is 0.250. The Morgan fingerprint density at radius 3 is 2.81 bits per heavy atom. The van der Waals surface area contributed by atoms with Gasteiger partial charge in [-0.3, -0.25) is 9.78 Å². The second kappa shape index (κ2) is 5.93. The normalized spacial score (nSPS) is 14.0. The smallest absolute Gasteiger partial charge is 0.257 e. The highest BCUT2D eigenvalue weighted by Crippen LogP contribution is 2.30. The van der Waals surface area contributed by atoms with Gasteiger partial charge in [-0.15, -0.1) is 0 Å². The molecule has 1 saturated carbocycles. The van der Waals surface area contributed by atoms with Crippen LogP contribution in [-0.4, -0.2) is 21.8 Å². The molecule has 0 atom stereocenters. The summed E-state index contributed by atoms with van der Waals surface area (Å²) in [6, 6.07) is 8.51. The van der Waals surface area contributed by atoms with Gasteiger partial charge in [-0.25, -0.2) is 4.39 Å². The number of amides is 1. The first-order valence-electron chi connectivity index (χ1n) is 6.80. The molecular weight excluding hydrogens is 335 g/mol. The molecular formula is C16H14BrFN2O. The molecule has 1 amide bonds. The summed E-state index contributed by atoms with van der Waals surface area (Å²) < 4.78 is 14.6. The molecule has 3 nitrogen and oxygen atoms in total. The second-order valence-corrected chi connectivity index (χ2v) is 6.07. The number of benzene rings is 1. The van der Waals surface area contributed by atoms with Gasteiger partial charge in [0.25, 0.3) is 5.91 Å². The van der Waals surface area contributed by atoms with Gasteiger partial charge < -0.3 is 4.90 Å². The Bertz CT molecular complexity index is 659. The fourth-order valence-corrected chi connectivity index (χ4v) is 2.59. The summed E-state index contributed by atoms with van der Waals surface area (Å²) in [5, 5.41) is 0. The second-order valence-electron chi connectivity index (χ2n) is 5.15. The molecule has 1 aromatic carbocycles. The maximum absolute atomic E-state index is 14.0. The molecule has 1 fully saturated rings. The average molecular weight is 349 g/mol. The first-order chi connectivity index (χ1) is 10.1. The van der Waals surface area contributed by atoms with Crippen molar-refractivity contribution in [3.63, 3.8) is 0 Å². The zero-order chi connectivity index (χ0) is 14.8. The molecule has 21 heavy (non-hydrogen) atoms. The van der Waals surface area contributed by atoms with Crippen LogP contribution in [0.4, 0.5) is 4.39 Å². The van der Waals surface area contributed by atoms with E-state index in [0.717, 1.165) is 18.4 Å². The van der Waals surface area contributed by atoms with Crippen molar-refractivity contribution in [2.75, 3.05) is 0 Å². The van der Waals surface area contributed by atoms with E-state index < -0.39 is 5.82 Å². The van der Waals surface area contributed by atoms with Gasteiger partial charge in [0.1, 0.15) is 5.82 Å². The summed E-state index contributed by atoms with van der Waals surface area (Å²) in [5.74, 6) is -0.752. The van der Waals surface area contributed by atoms with E-state index in [1.807, 2.05) is 12.1 Å². The van der Waals surface area contributed by atoms with E-state index in [4.69, 9.17) is 0 Å². The van der Waals surface area contributed by atoms with E-state index in [9.17, 15) is 9.18 Å². The maximum Gasteiger partial charge on any atom is 0.257 e. The van der Waals surface area contributed by atoms with E-state index in [0.29, 0.717) is 11.0 Å². The summed E-state index contributed by atoms with van der Waals surface area (Å²) in [7, 11) is 0. The third-order valence-electron chi connectivity index (χ3n) is 3.49. The Morgan fingerprint density at radius 1 is 1.38 bits per heavy atom. The Balaban J connectivity index is 1.85. The number of hydrogen-bond acceptors (Lipinski definition) is 2. The number of carbonyl (C=O) groups excluding carboxylic acids is 1. The fourth-order valence-electron chi connectivity index (χ4n) is 2.26. The van der Waals surface area contributed by atoms with Crippen LogP contribution in [0.3, 0.4) is 0 Å². The molecule has 0 radical (unpaired) electrons. The summed E-state index contributed by atoms with van der Waals surface area (Å²) in [6.45, 7) is 0.465. The minimum atomic E-state index is -0.494. The van der Waals surface area contributed by atoms with Gasteiger partial charge in [0.2, 0.25) is 0 Å². The minimum Gasteiger partial charge on any atom is -0.331 e. The zero-order valence-corrected chi connectivity index (χ0v) is 12.9. The number of rotatable bonds is 4. The Kier molecular flexibility index (Phi) is 4.01. The third kappa shape index (κ3) is 3.29. The summed E-state index contributed by atoms with van der Waals surface area (Å²) in [6.07, 6.45) is 5.38. The van der Waals surface area contributed by atoms with Gasteiger partial charge in [0.05, 0.1) is 5.56 Å². The molecule has 0 N–H and O–H groups in total. The summed E-state index contributed by atoms with van der Waals surface area (Å²) >= 11 is 3.20. The van der Waals surface area contributed by atoms with Gasteiger partial charge in [-0.1, -0.05) is 22.0 Å². The van der Waals surface area contributed by atoms with Crippen molar-refractivity contribution in [3.8, 4) is 0 Å². The number of aromatic nitrogens is 1. The predicted molar refractivity (Wildman–Crippen MR) is 81.2 cm³/mol. The van der Waals surface area contributed by atoms with Crippen molar-refractivity contribution in [1.82, 2.24) is 9.88 Å². The molecule has 1 aliphatic rings. The van der Waals surface area contributed by atoms with Gasteiger partial charge in [0.15, 0.2) is 0 Å². The van der Waals surface area contributed by atoms with Gasteiger partial charge in [0, 0.05) is 29.5 Å². The van der Waals surface area contributed by atoms with Crippen LogP contribution in [-0.2, 0) is 6.54 Å². The molecule has 1 heterocycles. The van der Waals surface area contributed by atoms with Crippen LogP contribution in [0.15, 0.2) is 47.2 Å². The molecule has 0 spiro atoms. The number of carbonyl (C=O) groups is 1. The van der Waals surface area contributed by atoms with Gasteiger partial charge in [-0.05, 0) is 42.7 Å². The molecule has 0 saturated heterocycles. The largest absolute Gasteiger partial charge is 0.331 e. The SMILES string of the molecule is O=C(c1ccc(Br)cc1F)N(Cc1cccnc1)C1CC1. The highest BCUT2D eigenvalue weighted by molar-refractivity contribution is 9.10. The Hall–Kier alpha value is -1.75. The molecule has 3 rings (SSSR count). The zero-order valence-electron chi connectivity index (χ0n) is 11.3. The van der Waals surface area contributed by atoms with Crippen molar-refractivity contribution >= 4 is 21.8 Å². The van der Waals surface area contributed by atoms with Gasteiger partial charge in [-0.2, -0.15) is 0 Å². The van der Waals surface area contributed by atoms with Gasteiger partial charge >= 0.3 is 0 Å². The molecule has 5 heteroatoms. The van der Waals surface area contributed by atoms with Crippen LogP contribution in [0.2, 0.25) is 0 Å². The van der Waals surface area contributed by atoms with E-state index in [-0.39, 0.29) is 17.5 Å². The van der Waals surface area contributed by atoms with Crippen LogP contribution in [0.1, 0.15) is 28.8 Å². The molecule has 1 aromatic heterocycles. The van der Waals surface area contributed by atoms with Crippen molar-refractivity contribution in [2.24, 2.45) is 0 Å². The van der Waals surface area contributed by atoms with Crippen LogP contribution < -0.4 is 0 Å². The van der Waals surface area contributed by atoms with Crippen molar-refractivity contribution < 1.29 is 9.18 Å². The van der Waals surface area contributed by atoms with Crippen molar-refractivity contribution in [2.45, 2.75) is 25.4 Å². The standard InChI is InChI=1S/C16H14BrFN2O/c17-12-3-6-14(15(18)8-12)16(21)20(13-4-5-13)10-11-2-1-7-19-9-11/h1-3,6-9,13H,4-5,10H2. The molecule has 108 valence electrons. The Morgan fingerprint density at radius 2 is 2.19 bits per heavy atom. The first kappa shape index (κ1) is 14.2. The number of nitrogens with zero attached hydrogens (tertiary/aromatic N) is 2. The summed E-state index contributed by atoms with van der Waals surface area (Å²) in [4.78, 5) is 18.4. The number of hydrogen-bond donors (Lipinski definition) is 0. The van der Waals surface area contributed by atoms with E-state index >= 15 is 0 Å². The Labute approximate surface area is 130 Å². The van der Waals surface area contributed by atoms with Crippen LogP contribution in [0.25, 0.3) is 0 Å². The lowest BCUT2D eigenvalue weighted by Gasteiger charge is -2.22. The lowest BCUT2D eigenvalue weighted by molar-refractivity contribution is 0.0725.